The number of methoxy groups -OCH3 is 1. The third-order valence-corrected chi connectivity index (χ3v) is 7.52. The molecule has 0 spiro atoms. The number of carbonyl (C=O) groups excluding carboxylic acids is 3. The molecule has 2 N–H and O–H groups in total. The van der Waals surface area contributed by atoms with E-state index in [9.17, 15) is 14.4 Å². The number of amides is 3. The molecule has 5 rings (SSSR count). The Hall–Kier alpha value is -3.36. The summed E-state index contributed by atoms with van der Waals surface area (Å²) in [5.74, 6) is 0.0981. The van der Waals surface area contributed by atoms with Gasteiger partial charge in [-0.3, -0.25) is 19.1 Å². The maximum absolute atomic E-state index is 13.4. The fourth-order valence-electron chi connectivity index (χ4n) is 5.65. The van der Waals surface area contributed by atoms with Crippen molar-refractivity contribution in [1.29, 1.82) is 0 Å². The zero-order valence-corrected chi connectivity index (χ0v) is 21.3. The second-order valence-electron chi connectivity index (χ2n) is 10.6. The lowest BCUT2D eigenvalue weighted by atomic mass is 9.95. The minimum absolute atomic E-state index is 0.0875. The predicted molar refractivity (Wildman–Crippen MR) is 135 cm³/mol. The summed E-state index contributed by atoms with van der Waals surface area (Å²) < 4.78 is 7.21. The zero-order valence-electron chi connectivity index (χ0n) is 21.3. The van der Waals surface area contributed by atoms with Crippen LogP contribution in [0.5, 0.6) is 5.75 Å². The van der Waals surface area contributed by atoms with E-state index in [1.807, 2.05) is 16.8 Å². The first-order valence-corrected chi connectivity index (χ1v) is 13.0. The van der Waals surface area contributed by atoms with E-state index in [1.165, 1.54) is 0 Å². The Balaban J connectivity index is 1.34. The van der Waals surface area contributed by atoms with Gasteiger partial charge in [0.05, 0.1) is 13.0 Å². The molecule has 36 heavy (non-hydrogen) atoms. The van der Waals surface area contributed by atoms with Gasteiger partial charge in [0, 0.05) is 61.5 Å². The van der Waals surface area contributed by atoms with E-state index in [2.05, 4.69) is 24.5 Å². The highest BCUT2D eigenvalue weighted by molar-refractivity contribution is 6.05. The van der Waals surface area contributed by atoms with Crippen LogP contribution < -0.4 is 15.4 Å². The molecule has 9 nitrogen and oxygen atoms in total. The van der Waals surface area contributed by atoms with Crippen LogP contribution in [0.3, 0.4) is 0 Å². The zero-order chi connectivity index (χ0) is 25.4. The van der Waals surface area contributed by atoms with Crippen LogP contribution in [0.2, 0.25) is 0 Å². The quantitative estimate of drug-likeness (QED) is 0.616. The van der Waals surface area contributed by atoms with Crippen molar-refractivity contribution in [3.05, 3.63) is 40.7 Å². The summed E-state index contributed by atoms with van der Waals surface area (Å²) >= 11 is 0. The van der Waals surface area contributed by atoms with Gasteiger partial charge in [-0.2, -0.15) is 5.10 Å². The number of nitrogens with zero attached hydrogens (tertiary/aromatic N) is 3. The normalized spacial score (nSPS) is 19.3. The Morgan fingerprint density at radius 2 is 2.03 bits per heavy atom. The van der Waals surface area contributed by atoms with Crippen molar-refractivity contribution in [3.63, 3.8) is 0 Å². The highest BCUT2D eigenvalue weighted by atomic mass is 16.5. The number of aromatic nitrogens is 2. The van der Waals surface area contributed by atoms with Crippen LogP contribution in [0, 0.1) is 5.92 Å². The maximum Gasteiger partial charge on any atom is 0.272 e. The van der Waals surface area contributed by atoms with E-state index in [-0.39, 0.29) is 30.2 Å². The van der Waals surface area contributed by atoms with Crippen molar-refractivity contribution in [2.24, 2.45) is 5.92 Å². The Labute approximate surface area is 211 Å². The fraction of sp³-hybridized carbons (Fsp3) is 0.556. The third kappa shape index (κ3) is 4.70. The molecule has 1 aromatic heterocycles. The van der Waals surface area contributed by atoms with E-state index >= 15 is 0 Å². The standard InChI is InChI=1S/C27H35N5O4/c1-16(2)14-32-23-10-11-31(15-21(23)25(30-32)27(35)28-17-6-4-5-7-17)24(33)13-20-19-9-8-18(36-3)12-22(19)29-26(20)34/h8-9,12,16-17,20H,4-7,10-11,13-15H2,1-3H3,(H,28,35)(H,29,34)/t20-/m1/s1. The Morgan fingerprint density at radius 3 is 2.75 bits per heavy atom. The molecule has 1 aliphatic carbocycles. The lowest BCUT2D eigenvalue weighted by molar-refractivity contribution is -0.134. The van der Waals surface area contributed by atoms with Gasteiger partial charge in [0.25, 0.3) is 5.91 Å². The Bertz CT molecular complexity index is 1180. The lowest BCUT2D eigenvalue weighted by Crippen LogP contribution is -2.39. The molecule has 3 amide bonds. The number of benzene rings is 1. The van der Waals surface area contributed by atoms with Gasteiger partial charge in [0.15, 0.2) is 5.69 Å². The molecule has 1 atom stereocenters. The van der Waals surface area contributed by atoms with Crippen LogP contribution in [-0.2, 0) is 29.1 Å². The molecule has 2 aromatic rings. The van der Waals surface area contributed by atoms with Gasteiger partial charge in [-0.05, 0) is 30.4 Å². The second-order valence-corrected chi connectivity index (χ2v) is 10.6. The summed E-state index contributed by atoms with van der Waals surface area (Å²) in [6.45, 7) is 5.87. The molecule has 1 aromatic carbocycles. The summed E-state index contributed by atoms with van der Waals surface area (Å²) in [6.07, 6.45) is 5.01. The van der Waals surface area contributed by atoms with Gasteiger partial charge >= 0.3 is 0 Å². The van der Waals surface area contributed by atoms with Crippen LogP contribution >= 0.6 is 0 Å². The SMILES string of the molecule is COc1ccc2c(c1)NC(=O)[C@@H]2CC(=O)N1CCc2c(c(C(=O)NC3CCCC3)nn2CC(C)C)C1. The van der Waals surface area contributed by atoms with Crippen molar-refractivity contribution in [2.75, 3.05) is 19.0 Å². The molecule has 3 heterocycles. The smallest absolute Gasteiger partial charge is 0.272 e. The molecule has 0 bridgehead atoms. The predicted octanol–water partition coefficient (Wildman–Crippen LogP) is 3.23. The van der Waals surface area contributed by atoms with Crippen LogP contribution in [-0.4, -0.2) is 52.1 Å². The first-order chi connectivity index (χ1) is 17.3. The number of nitrogens with one attached hydrogen (secondary N) is 2. The molecule has 0 radical (unpaired) electrons. The van der Waals surface area contributed by atoms with Gasteiger partial charge in [0.1, 0.15) is 5.75 Å². The maximum atomic E-state index is 13.4. The molecule has 1 fully saturated rings. The van der Waals surface area contributed by atoms with Crippen molar-refractivity contribution in [2.45, 2.75) is 77.4 Å². The summed E-state index contributed by atoms with van der Waals surface area (Å²) in [7, 11) is 1.58. The molecular weight excluding hydrogens is 458 g/mol. The highest BCUT2D eigenvalue weighted by Crippen LogP contribution is 2.37. The first-order valence-electron chi connectivity index (χ1n) is 13.0. The molecular formula is C27H35N5O4. The molecule has 1 saturated carbocycles. The average Bonchev–Trinajstić information content (AvgIpc) is 3.56. The van der Waals surface area contributed by atoms with Gasteiger partial charge < -0.3 is 20.3 Å². The monoisotopic (exact) mass is 493 g/mol. The minimum atomic E-state index is -0.534. The molecule has 192 valence electrons. The van der Waals surface area contributed by atoms with Crippen molar-refractivity contribution >= 4 is 23.4 Å². The number of hydrogen-bond acceptors (Lipinski definition) is 5. The number of carbonyl (C=O) groups is 3. The van der Waals surface area contributed by atoms with Gasteiger partial charge in [-0.25, -0.2) is 0 Å². The highest BCUT2D eigenvalue weighted by Gasteiger charge is 2.36. The molecule has 9 heteroatoms. The molecule has 2 aliphatic heterocycles. The fourth-order valence-corrected chi connectivity index (χ4v) is 5.65. The third-order valence-electron chi connectivity index (χ3n) is 7.52. The van der Waals surface area contributed by atoms with Crippen LogP contribution in [0.4, 0.5) is 5.69 Å². The van der Waals surface area contributed by atoms with E-state index in [4.69, 9.17) is 9.84 Å². The minimum Gasteiger partial charge on any atom is -0.497 e. The number of fused-ring (bicyclic) bond motifs is 2. The number of rotatable bonds is 7. The van der Waals surface area contributed by atoms with Crippen LogP contribution in [0.25, 0.3) is 0 Å². The molecule has 0 saturated heterocycles. The van der Waals surface area contributed by atoms with Gasteiger partial charge in [-0.15, -0.1) is 0 Å². The second kappa shape index (κ2) is 9.95. The Kier molecular flexibility index (Phi) is 6.73. The summed E-state index contributed by atoms with van der Waals surface area (Å²) in [5, 5.41) is 10.7. The first kappa shape index (κ1) is 24.3. The van der Waals surface area contributed by atoms with E-state index < -0.39 is 5.92 Å². The number of hydrogen-bond donors (Lipinski definition) is 2. The van der Waals surface area contributed by atoms with E-state index in [0.29, 0.717) is 42.6 Å². The van der Waals surface area contributed by atoms with Crippen LogP contribution in [0.15, 0.2) is 18.2 Å². The van der Waals surface area contributed by atoms with Gasteiger partial charge in [-0.1, -0.05) is 32.8 Å². The lowest BCUT2D eigenvalue weighted by Gasteiger charge is -2.29. The largest absolute Gasteiger partial charge is 0.497 e. The molecule has 0 unspecified atom stereocenters. The topological polar surface area (TPSA) is 106 Å². The Morgan fingerprint density at radius 1 is 1.25 bits per heavy atom. The van der Waals surface area contributed by atoms with E-state index in [0.717, 1.165) is 49.0 Å². The van der Waals surface area contributed by atoms with Crippen molar-refractivity contribution in [3.8, 4) is 5.75 Å². The van der Waals surface area contributed by atoms with E-state index in [1.54, 1.807) is 18.1 Å². The summed E-state index contributed by atoms with van der Waals surface area (Å²) in [6, 6.07) is 5.63. The van der Waals surface area contributed by atoms with Crippen molar-refractivity contribution < 1.29 is 19.1 Å². The average molecular weight is 494 g/mol. The molecule has 3 aliphatic rings. The summed E-state index contributed by atoms with van der Waals surface area (Å²) in [5.41, 5.74) is 3.82. The van der Waals surface area contributed by atoms with Crippen molar-refractivity contribution in [1.82, 2.24) is 20.0 Å². The summed E-state index contributed by atoms with van der Waals surface area (Å²) in [4.78, 5) is 41.0. The number of anilines is 1. The van der Waals surface area contributed by atoms with Crippen LogP contribution in [0.1, 0.15) is 79.2 Å². The number of ether oxygens (including phenoxy) is 1. The van der Waals surface area contributed by atoms with Gasteiger partial charge in [0.2, 0.25) is 11.8 Å².